The summed E-state index contributed by atoms with van der Waals surface area (Å²) in [5.41, 5.74) is 1.65. The molecule has 0 bridgehead atoms. The van der Waals surface area contributed by atoms with E-state index in [1.807, 2.05) is 6.07 Å². The van der Waals surface area contributed by atoms with Gasteiger partial charge in [0.05, 0.1) is 17.4 Å². The van der Waals surface area contributed by atoms with Gasteiger partial charge in [-0.15, -0.1) is 0 Å². The number of hydrogen-bond donors (Lipinski definition) is 1. The van der Waals surface area contributed by atoms with Gasteiger partial charge < -0.3 is 5.32 Å². The Balaban J connectivity index is 1.99. The van der Waals surface area contributed by atoms with E-state index in [1.54, 1.807) is 25.1 Å². The van der Waals surface area contributed by atoms with Crippen molar-refractivity contribution < 1.29 is 13.2 Å². The number of nitrogens with one attached hydrogen (secondary N) is 1. The van der Waals surface area contributed by atoms with E-state index in [1.165, 1.54) is 11.2 Å². The number of benzene rings is 1. The van der Waals surface area contributed by atoms with Crippen LogP contribution in [0.15, 0.2) is 18.2 Å². The molecule has 118 valence electrons. The zero-order valence-electron chi connectivity index (χ0n) is 12.7. The third-order valence-corrected chi connectivity index (χ3v) is 5.61. The molecule has 1 fully saturated rings. The number of sulfonamides is 1. The Morgan fingerprint density at radius 2 is 2.14 bits per heavy atom. The Morgan fingerprint density at radius 3 is 2.68 bits per heavy atom. The van der Waals surface area contributed by atoms with Gasteiger partial charge in [-0.3, -0.25) is 4.79 Å². The lowest BCUT2D eigenvalue weighted by molar-refractivity contribution is 0.101. The second-order valence-electron chi connectivity index (χ2n) is 5.39. The van der Waals surface area contributed by atoms with Gasteiger partial charge >= 0.3 is 0 Å². The van der Waals surface area contributed by atoms with Crippen LogP contribution in [0.25, 0.3) is 0 Å². The predicted molar refractivity (Wildman–Crippen MR) is 84.2 cm³/mol. The SMILES string of the molecule is CCS(=O)(=O)N1CC(CNc2cc(C#N)ccc2C(C)=O)C1. The molecule has 0 saturated carbocycles. The molecule has 0 unspecified atom stereocenters. The Labute approximate surface area is 130 Å². The van der Waals surface area contributed by atoms with Gasteiger partial charge in [-0.25, -0.2) is 12.7 Å². The number of nitriles is 1. The Hall–Kier alpha value is -1.91. The van der Waals surface area contributed by atoms with Gasteiger partial charge in [0.2, 0.25) is 10.0 Å². The third kappa shape index (κ3) is 3.46. The molecule has 1 saturated heterocycles. The minimum absolute atomic E-state index is 0.0733. The number of carbonyl (C=O) groups excluding carboxylic acids is 1. The zero-order chi connectivity index (χ0) is 16.3. The maximum absolute atomic E-state index is 11.7. The van der Waals surface area contributed by atoms with Gasteiger partial charge in [0.25, 0.3) is 0 Å². The number of hydrogen-bond acceptors (Lipinski definition) is 5. The van der Waals surface area contributed by atoms with Gasteiger partial charge in [0, 0.05) is 36.8 Å². The summed E-state index contributed by atoms with van der Waals surface area (Å²) in [5.74, 6) is 0.258. The smallest absolute Gasteiger partial charge is 0.213 e. The molecule has 0 aromatic heterocycles. The van der Waals surface area contributed by atoms with E-state index < -0.39 is 10.0 Å². The first-order valence-corrected chi connectivity index (χ1v) is 8.75. The highest BCUT2D eigenvalue weighted by molar-refractivity contribution is 7.89. The van der Waals surface area contributed by atoms with E-state index in [4.69, 9.17) is 5.26 Å². The Kier molecular flexibility index (Phi) is 4.84. The van der Waals surface area contributed by atoms with E-state index in [9.17, 15) is 13.2 Å². The van der Waals surface area contributed by atoms with Crippen LogP contribution in [-0.4, -0.2) is 43.9 Å². The number of rotatable bonds is 6. The van der Waals surface area contributed by atoms with Crippen LogP contribution in [0, 0.1) is 17.2 Å². The van der Waals surface area contributed by atoms with E-state index in [2.05, 4.69) is 5.32 Å². The van der Waals surface area contributed by atoms with Crippen molar-refractivity contribution in [2.75, 3.05) is 30.7 Å². The van der Waals surface area contributed by atoms with Crippen molar-refractivity contribution >= 4 is 21.5 Å². The predicted octanol–water partition coefficient (Wildman–Crippen LogP) is 1.45. The van der Waals surface area contributed by atoms with E-state index in [-0.39, 0.29) is 17.5 Å². The summed E-state index contributed by atoms with van der Waals surface area (Å²) in [4.78, 5) is 11.6. The quantitative estimate of drug-likeness (QED) is 0.801. The highest BCUT2D eigenvalue weighted by Crippen LogP contribution is 2.23. The van der Waals surface area contributed by atoms with Crippen molar-refractivity contribution in [1.82, 2.24) is 4.31 Å². The van der Waals surface area contributed by atoms with Gasteiger partial charge in [0.15, 0.2) is 5.78 Å². The number of carbonyl (C=O) groups is 1. The fraction of sp³-hybridized carbons (Fsp3) is 0.467. The van der Waals surface area contributed by atoms with Gasteiger partial charge in [-0.05, 0) is 32.0 Å². The average Bonchev–Trinajstić information content (AvgIpc) is 2.44. The molecule has 1 aromatic carbocycles. The first-order chi connectivity index (χ1) is 10.4. The summed E-state index contributed by atoms with van der Waals surface area (Å²) in [6.07, 6.45) is 0. The first kappa shape index (κ1) is 16.5. The lowest BCUT2D eigenvalue weighted by atomic mass is 10.0. The lowest BCUT2D eigenvalue weighted by Crippen LogP contribution is -2.52. The monoisotopic (exact) mass is 321 g/mol. The minimum Gasteiger partial charge on any atom is -0.384 e. The molecule has 0 aliphatic carbocycles. The molecule has 0 radical (unpaired) electrons. The molecule has 22 heavy (non-hydrogen) atoms. The second kappa shape index (κ2) is 6.46. The second-order valence-corrected chi connectivity index (χ2v) is 7.65. The number of anilines is 1. The number of ketones is 1. The number of nitrogens with zero attached hydrogens (tertiary/aromatic N) is 2. The van der Waals surface area contributed by atoms with Crippen LogP contribution in [0.2, 0.25) is 0 Å². The topological polar surface area (TPSA) is 90.3 Å². The molecular weight excluding hydrogens is 302 g/mol. The van der Waals surface area contributed by atoms with Crippen LogP contribution >= 0.6 is 0 Å². The first-order valence-electron chi connectivity index (χ1n) is 7.14. The molecule has 1 aliphatic heterocycles. The van der Waals surface area contributed by atoms with Crippen molar-refractivity contribution in [3.63, 3.8) is 0 Å². The molecule has 1 aliphatic rings. The highest BCUT2D eigenvalue weighted by atomic mass is 32.2. The van der Waals surface area contributed by atoms with Crippen LogP contribution < -0.4 is 5.32 Å². The molecule has 0 atom stereocenters. The summed E-state index contributed by atoms with van der Waals surface area (Å²) < 4.78 is 24.8. The van der Waals surface area contributed by atoms with Gasteiger partial charge in [-0.2, -0.15) is 5.26 Å². The molecule has 1 heterocycles. The van der Waals surface area contributed by atoms with Crippen LogP contribution in [0.5, 0.6) is 0 Å². The summed E-state index contributed by atoms with van der Waals surface area (Å²) >= 11 is 0. The zero-order valence-corrected chi connectivity index (χ0v) is 13.5. The lowest BCUT2D eigenvalue weighted by Gasteiger charge is -2.38. The van der Waals surface area contributed by atoms with Crippen molar-refractivity contribution in [2.45, 2.75) is 13.8 Å². The number of Topliss-reactive ketones (excluding diaryl/α,β-unsaturated/α-hetero) is 1. The van der Waals surface area contributed by atoms with Crippen LogP contribution in [0.4, 0.5) is 5.69 Å². The van der Waals surface area contributed by atoms with Gasteiger partial charge in [0.1, 0.15) is 0 Å². The van der Waals surface area contributed by atoms with Crippen LogP contribution in [0.1, 0.15) is 29.8 Å². The van der Waals surface area contributed by atoms with Crippen LogP contribution in [-0.2, 0) is 10.0 Å². The van der Waals surface area contributed by atoms with E-state index in [0.717, 1.165) is 0 Å². The van der Waals surface area contributed by atoms with Crippen molar-refractivity contribution in [3.8, 4) is 6.07 Å². The Bertz CT molecular complexity index is 716. The fourth-order valence-electron chi connectivity index (χ4n) is 2.38. The maximum atomic E-state index is 11.7. The largest absolute Gasteiger partial charge is 0.384 e. The van der Waals surface area contributed by atoms with Crippen molar-refractivity contribution in [2.24, 2.45) is 5.92 Å². The Morgan fingerprint density at radius 1 is 1.45 bits per heavy atom. The molecule has 6 nitrogen and oxygen atoms in total. The van der Waals surface area contributed by atoms with E-state index in [0.29, 0.717) is 36.4 Å². The highest BCUT2D eigenvalue weighted by Gasteiger charge is 2.34. The summed E-state index contributed by atoms with van der Waals surface area (Å²) in [7, 11) is -3.10. The molecule has 2 rings (SSSR count). The third-order valence-electron chi connectivity index (χ3n) is 3.79. The molecule has 0 amide bonds. The van der Waals surface area contributed by atoms with Crippen molar-refractivity contribution in [3.05, 3.63) is 29.3 Å². The fourth-order valence-corrected chi connectivity index (χ4v) is 3.62. The molecule has 0 spiro atoms. The molecule has 7 heteroatoms. The standard InChI is InChI=1S/C15H19N3O3S/c1-3-22(20,21)18-9-13(10-18)8-17-15-6-12(7-16)4-5-14(15)11(2)19/h4-6,13,17H,3,8-10H2,1-2H3. The molecule has 1 N–H and O–H groups in total. The minimum atomic E-state index is -3.10. The molecule has 1 aromatic rings. The maximum Gasteiger partial charge on any atom is 0.213 e. The summed E-state index contributed by atoms with van der Waals surface area (Å²) in [6.45, 7) is 4.68. The summed E-state index contributed by atoms with van der Waals surface area (Å²) in [5, 5.41) is 12.1. The van der Waals surface area contributed by atoms with Crippen LogP contribution in [0.3, 0.4) is 0 Å². The normalized spacial score (nSPS) is 15.9. The molecular formula is C15H19N3O3S. The summed E-state index contributed by atoms with van der Waals surface area (Å²) in [6, 6.07) is 6.94. The van der Waals surface area contributed by atoms with E-state index >= 15 is 0 Å². The average molecular weight is 321 g/mol. The van der Waals surface area contributed by atoms with Crippen molar-refractivity contribution in [1.29, 1.82) is 5.26 Å². The van der Waals surface area contributed by atoms with Gasteiger partial charge in [-0.1, -0.05) is 0 Å².